The van der Waals surface area contributed by atoms with Gasteiger partial charge in [-0.1, -0.05) is 23.2 Å². The van der Waals surface area contributed by atoms with Crippen LogP contribution in [0.1, 0.15) is 12.0 Å². The highest BCUT2D eigenvalue weighted by Crippen LogP contribution is 2.20. The predicted molar refractivity (Wildman–Crippen MR) is 59.9 cm³/mol. The van der Waals surface area contributed by atoms with Crippen LogP contribution in [0.5, 0.6) is 0 Å². The van der Waals surface area contributed by atoms with Crippen molar-refractivity contribution in [2.45, 2.75) is 13.0 Å². The number of halogens is 2. The van der Waals surface area contributed by atoms with Gasteiger partial charge in [-0.2, -0.15) is 0 Å². The number of rotatable bonds is 5. The Labute approximate surface area is 93.8 Å². The number of hydrogen-bond donors (Lipinski definition) is 2. The van der Waals surface area contributed by atoms with Crippen molar-refractivity contribution in [1.82, 2.24) is 5.32 Å². The molecule has 0 unspecified atom stereocenters. The van der Waals surface area contributed by atoms with Gasteiger partial charge in [-0.25, -0.2) is 0 Å². The van der Waals surface area contributed by atoms with Gasteiger partial charge in [-0.05, 0) is 36.7 Å². The van der Waals surface area contributed by atoms with Crippen LogP contribution in [0.3, 0.4) is 0 Å². The summed E-state index contributed by atoms with van der Waals surface area (Å²) in [5.41, 5.74) is 0.983. The van der Waals surface area contributed by atoms with Crippen LogP contribution in [-0.4, -0.2) is 18.3 Å². The largest absolute Gasteiger partial charge is 0.396 e. The lowest BCUT2D eigenvalue weighted by molar-refractivity contribution is 0.286. The Bertz CT molecular complexity index is 291. The van der Waals surface area contributed by atoms with Gasteiger partial charge >= 0.3 is 0 Å². The SMILES string of the molecule is OCCCNCc1cc(Cl)ccc1Cl. The maximum absolute atomic E-state index is 8.57. The molecule has 14 heavy (non-hydrogen) atoms. The van der Waals surface area contributed by atoms with Crippen molar-refractivity contribution in [3.05, 3.63) is 33.8 Å². The predicted octanol–water partition coefficient (Wildman–Crippen LogP) is 2.47. The molecule has 2 nitrogen and oxygen atoms in total. The van der Waals surface area contributed by atoms with Gasteiger partial charge in [-0.15, -0.1) is 0 Å². The summed E-state index contributed by atoms with van der Waals surface area (Å²) >= 11 is 11.8. The van der Waals surface area contributed by atoms with E-state index in [9.17, 15) is 0 Å². The lowest BCUT2D eigenvalue weighted by Gasteiger charge is -2.06. The van der Waals surface area contributed by atoms with Crippen molar-refractivity contribution >= 4 is 23.2 Å². The molecule has 0 aliphatic carbocycles. The third-order valence-electron chi connectivity index (χ3n) is 1.83. The molecule has 0 bridgehead atoms. The molecule has 0 atom stereocenters. The highest BCUT2D eigenvalue weighted by Gasteiger charge is 2.00. The van der Waals surface area contributed by atoms with Crippen LogP contribution in [0.2, 0.25) is 10.0 Å². The second-order valence-corrected chi connectivity index (χ2v) is 3.83. The number of aliphatic hydroxyl groups excluding tert-OH is 1. The average molecular weight is 234 g/mol. The molecule has 0 radical (unpaired) electrons. The van der Waals surface area contributed by atoms with E-state index in [1.54, 1.807) is 12.1 Å². The Kier molecular flexibility index (Phi) is 5.26. The van der Waals surface area contributed by atoms with E-state index in [2.05, 4.69) is 5.32 Å². The number of nitrogens with one attached hydrogen (secondary N) is 1. The highest BCUT2D eigenvalue weighted by molar-refractivity contribution is 6.33. The Morgan fingerprint density at radius 2 is 2.07 bits per heavy atom. The summed E-state index contributed by atoms with van der Waals surface area (Å²) in [5, 5.41) is 13.1. The highest BCUT2D eigenvalue weighted by atomic mass is 35.5. The van der Waals surface area contributed by atoms with Crippen LogP contribution in [-0.2, 0) is 6.54 Å². The molecule has 0 aliphatic heterocycles. The number of aliphatic hydroxyl groups is 1. The third-order valence-corrected chi connectivity index (χ3v) is 2.44. The molecule has 78 valence electrons. The summed E-state index contributed by atoms with van der Waals surface area (Å²) in [6, 6.07) is 5.39. The van der Waals surface area contributed by atoms with Crippen LogP contribution in [0.15, 0.2) is 18.2 Å². The average Bonchev–Trinajstić information content (AvgIpc) is 2.18. The molecule has 0 aliphatic rings. The summed E-state index contributed by atoms with van der Waals surface area (Å²) in [7, 11) is 0. The molecule has 0 saturated heterocycles. The topological polar surface area (TPSA) is 32.3 Å². The van der Waals surface area contributed by atoms with Crippen molar-refractivity contribution < 1.29 is 5.11 Å². The van der Waals surface area contributed by atoms with E-state index in [4.69, 9.17) is 28.3 Å². The maximum Gasteiger partial charge on any atom is 0.0451 e. The first kappa shape index (κ1) is 11.8. The van der Waals surface area contributed by atoms with Crippen LogP contribution < -0.4 is 5.32 Å². The molecule has 0 saturated carbocycles. The molecule has 1 aromatic rings. The molecule has 1 aromatic carbocycles. The minimum absolute atomic E-state index is 0.205. The molecular weight excluding hydrogens is 221 g/mol. The Hall–Kier alpha value is -0.280. The Morgan fingerprint density at radius 3 is 2.79 bits per heavy atom. The van der Waals surface area contributed by atoms with E-state index in [1.807, 2.05) is 6.07 Å². The first-order valence-corrected chi connectivity index (χ1v) is 5.25. The zero-order valence-corrected chi connectivity index (χ0v) is 9.28. The number of benzene rings is 1. The van der Waals surface area contributed by atoms with E-state index in [0.29, 0.717) is 16.6 Å². The smallest absolute Gasteiger partial charge is 0.0451 e. The van der Waals surface area contributed by atoms with Crippen LogP contribution in [0.4, 0.5) is 0 Å². The normalized spacial score (nSPS) is 10.5. The van der Waals surface area contributed by atoms with Crippen LogP contribution in [0.25, 0.3) is 0 Å². The molecule has 0 fully saturated rings. The van der Waals surface area contributed by atoms with Crippen LogP contribution >= 0.6 is 23.2 Å². The van der Waals surface area contributed by atoms with Gasteiger partial charge in [0.25, 0.3) is 0 Å². The summed E-state index contributed by atoms with van der Waals surface area (Å²) in [4.78, 5) is 0. The van der Waals surface area contributed by atoms with E-state index in [1.165, 1.54) is 0 Å². The molecule has 0 aromatic heterocycles. The quantitative estimate of drug-likeness (QED) is 0.767. The van der Waals surface area contributed by atoms with Crippen LogP contribution in [0, 0.1) is 0 Å². The molecule has 4 heteroatoms. The number of hydrogen-bond acceptors (Lipinski definition) is 2. The van der Waals surface area contributed by atoms with Crippen molar-refractivity contribution in [2.75, 3.05) is 13.2 Å². The second kappa shape index (κ2) is 6.25. The van der Waals surface area contributed by atoms with E-state index in [0.717, 1.165) is 18.5 Å². The van der Waals surface area contributed by atoms with Gasteiger partial charge in [-0.3, -0.25) is 0 Å². The van der Waals surface area contributed by atoms with Gasteiger partial charge in [0.15, 0.2) is 0 Å². The van der Waals surface area contributed by atoms with Gasteiger partial charge in [0.1, 0.15) is 0 Å². The lowest BCUT2D eigenvalue weighted by atomic mass is 10.2. The van der Waals surface area contributed by atoms with Crippen molar-refractivity contribution in [3.8, 4) is 0 Å². The monoisotopic (exact) mass is 233 g/mol. The van der Waals surface area contributed by atoms with Gasteiger partial charge in [0, 0.05) is 23.2 Å². The lowest BCUT2D eigenvalue weighted by Crippen LogP contribution is -2.15. The molecule has 0 amide bonds. The van der Waals surface area contributed by atoms with Gasteiger partial charge in [0.2, 0.25) is 0 Å². The van der Waals surface area contributed by atoms with Gasteiger partial charge < -0.3 is 10.4 Å². The Balaban J connectivity index is 2.45. The van der Waals surface area contributed by atoms with Crippen molar-refractivity contribution in [3.63, 3.8) is 0 Å². The first-order chi connectivity index (χ1) is 6.74. The van der Waals surface area contributed by atoms with E-state index < -0.39 is 0 Å². The van der Waals surface area contributed by atoms with Gasteiger partial charge in [0.05, 0.1) is 0 Å². The van der Waals surface area contributed by atoms with E-state index >= 15 is 0 Å². The molecular formula is C10H13Cl2NO. The Morgan fingerprint density at radius 1 is 1.29 bits per heavy atom. The minimum atomic E-state index is 0.205. The summed E-state index contributed by atoms with van der Waals surface area (Å²) in [6.45, 7) is 1.66. The fourth-order valence-corrected chi connectivity index (χ4v) is 1.48. The zero-order valence-electron chi connectivity index (χ0n) is 7.76. The standard InChI is InChI=1S/C10H13Cl2NO/c11-9-2-3-10(12)8(6-9)7-13-4-1-5-14/h2-3,6,13-14H,1,4-5,7H2. The summed E-state index contributed by atoms with van der Waals surface area (Å²) in [5.74, 6) is 0. The molecule has 1 rings (SSSR count). The fourth-order valence-electron chi connectivity index (χ4n) is 1.11. The maximum atomic E-state index is 8.57. The van der Waals surface area contributed by atoms with E-state index in [-0.39, 0.29) is 6.61 Å². The van der Waals surface area contributed by atoms with Crippen molar-refractivity contribution in [2.24, 2.45) is 0 Å². The summed E-state index contributed by atoms with van der Waals surface area (Å²) in [6.07, 6.45) is 0.748. The molecule has 0 spiro atoms. The minimum Gasteiger partial charge on any atom is -0.396 e. The first-order valence-electron chi connectivity index (χ1n) is 4.49. The fraction of sp³-hybridized carbons (Fsp3) is 0.400. The zero-order chi connectivity index (χ0) is 10.4. The molecule has 2 N–H and O–H groups in total. The van der Waals surface area contributed by atoms with Crippen molar-refractivity contribution in [1.29, 1.82) is 0 Å². The third kappa shape index (κ3) is 3.84. The molecule has 0 heterocycles. The second-order valence-electron chi connectivity index (χ2n) is 2.99. The summed E-state index contributed by atoms with van der Waals surface area (Å²) < 4.78 is 0.